The van der Waals surface area contributed by atoms with Gasteiger partial charge in [-0.3, -0.25) is 0 Å². The molecule has 0 atom stereocenters. The van der Waals surface area contributed by atoms with Crippen LogP contribution in [-0.2, 0) is 14.8 Å². The molecule has 1 rings (SSSR count). The molecule has 0 fully saturated rings. The van der Waals surface area contributed by atoms with Gasteiger partial charge in [0.25, 0.3) is 16.1 Å². The van der Waals surface area contributed by atoms with Crippen molar-refractivity contribution in [2.24, 2.45) is 4.40 Å². The Balaban J connectivity index is 3.35. The maximum Gasteiger partial charge on any atom is 0.296 e. The smallest absolute Gasteiger partial charge is 0.296 e. The third kappa shape index (κ3) is 3.18. The number of rotatable bonds is 4. The highest BCUT2D eigenvalue weighted by Gasteiger charge is 2.19. The van der Waals surface area contributed by atoms with Crippen LogP contribution in [0.1, 0.15) is 5.56 Å². The Morgan fingerprint density at radius 3 is 2.76 bits per heavy atom. The molecule has 5 nitrogen and oxygen atoms in total. The minimum atomic E-state index is -4.09. The number of sulfonamides is 1. The Morgan fingerprint density at radius 2 is 2.18 bits per heavy atom. The topological polar surface area (TPSA) is 72.8 Å². The van der Waals surface area contributed by atoms with Crippen molar-refractivity contribution in [3.63, 3.8) is 0 Å². The van der Waals surface area contributed by atoms with Gasteiger partial charge in [0.15, 0.2) is 0 Å². The van der Waals surface area contributed by atoms with Gasteiger partial charge in [-0.15, -0.1) is 6.42 Å². The molecule has 0 aliphatic carbocycles. The van der Waals surface area contributed by atoms with Gasteiger partial charge in [0.1, 0.15) is 17.3 Å². The van der Waals surface area contributed by atoms with Crippen molar-refractivity contribution in [2.45, 2.75) is 11.8 Å². The summed E-state index contributed by atoms with van der Waals surface area (Å²) in [6.07, 6.45) is 6.01. The fraction of sp³-hybridized carbons (Fsp3) is 0.182. The lowest BCUT2D eigenvalue weighted by Crippen LogP contribution is -2.03. The summed E-state index contributed by atoms with van der Waals surface area (Å²) < 4.78 is 31.1. The monoisotopic (exact) mass is 251 g/mol. The molecule has 0 bridgehead atoms. The Kier molecular flexibility index (Phi) is 4.05. The van der Waals surface area contributed by atoms with E-state index in [-0.39, 0.29) is 17.3 Å². The second kappa shape index (κ2) is 5.30. The normalized spacial score (nSPS) is 10.1. The molecule has 0 unspecified atom stereocenters. The predicted molar refractivity (Wildman–Crippen MR) is 60.8 cm³/mol. The van der Waals surface area contributed by atoms with E-state index in [0.29, 0.717) is 5.56 Å². The first-order valence-corrected chi connectivity index (χ1v) is 5.96. The van der Waals surface area contributed by atoms with Crippen LogP contribution >= 0.6 is 0 Å². The van der Waals surface area contributed by atoms with Crippen molar-refractivity contribution in [1.82, 2.24) is 0 Å². The molecule has 0 spiro atoms. The van der Waals surface area contributed by atoms with E-state index in [1.165, 1.54) is 12.1 Å². The second-order valence-corrected chi connectivity index (χ2v) is 4.67. The molecule has 1 aromatic carbocycles. The molecule has 0 heterocycles. The van der Waals surface area contributed by atoms with Crippen LogP contribution in [-0.4, -0.2) is 21.1 Å². The highest BCUT2D eigenvalue weighted by atomic mass is 32.2. The van der Waals surface area contributed by atoms with E-state index in [2.05, 4.69) is 10.3 Å². The van der Waals surface area contributed by atoms with Crippen molar-refractivity contribution in [3.8, 4) is 18.1 Å². The summed E-state index contributed by atoms with van der Waals surface area (Å²) in [6.45, 7) is 1.63. The lowest BCUT2D eigenvalue weighted by Gasteiger charge is -2.07. The minimum absolute atomic E-state index is 0.0625. The first kappa shape index (κ1) is 13.0. The van der Waals surface area contributed by atoms with Crippen LogP contribution in [0.5, 0.6) is 5.75 Å². The summed E-state index contributed by atoms with van der Waals surface area (Å²) in [4.78, 5) is 9.86. The molecule has 0 saturated heterocycles. The average Bonchev–Trinajstić information content (AvgIpc) is 2.27. The predicted octanol–water partition coefficient (Wildman–Crippen LogP) is 1.03. The average molecular weight is 251 g/mol. The third-order valence-corrected chi connectivity index (χ3v) is 3.04. The molecule has 0 N–H and O–H groups in total. The summed E-state index contributed by atoms with van der Waals surface area (Å²) in [7, 11) is -4.09. The molecular formula is C11H9NO4S. The number of benzene rings is 1. The van der Waals surface area contributed by atoms with Crippen LogP contribution in [0.2, 0.25) is 0 Å². The number of ether oxygens (including phenoxy) is 1. The standard InChI is InChI=1S/C11H9NO4S/c1-3-6-16-10-5-4-9(2)7-11(10)17(14,15)12-8-13/h1,4-5,7H,6H2,2H3. The van der Waals surface area contributed by atoms with Crippen molar-refractivity contribution in [3.05, 3.63) is 23.8 Å². The van der Waals surface area contributed by atoms with Gasteiger partial charge < -0.3 is 4.74 Å². The summed E-state index contributed by atoms with van der Waals surface area (Å²) >= 11 is 0. The Bertz CT molecular complexity index is 607. The lowest BCUT2D eigenvalue weighted by atomic mass is 10.2. The minimum Gasteiger partial charge on any atom is -0.480 e. The molecule has 6 heteroatoms. The number of terminal acetylenes is 1. The highest BCUT2D eigenvalue weighted by molar-refractivity contribution is 7.90. The number of hydrogen-bond acceptors (Lipinski definition) is 4. The van der Waals surface area contributed by atoms with Crippen LogP contribution in [0.15, 0.2) is 27.5 Å². The zero-order valence-corrected chi connectivity index (χ0v) is 9.82. The highest BCUT2D eigenvalue weighted by Crippen LogP contribution is 2.26. The van der Waals surface area contributed by atoms with E-state index in [0.717, 1.165) is 6.08 Å². The maximum absolute atomic E-state index is 11.6. The molecule has 1 aromatic rings. The molecule has 17 heavy (non-hydrogen) atoms. The Labute approximate surface area is 99.2 Å². The largest absolute Gasteiger partial charge is 0.480 e. The summed E-state index contributed by atoms with van der Waals surface area (Å²) in [5.41, 5.74) is 0.692. The van der Waals surface area contributed by atoms with E-state index in [1.54, 1.807) is 13.0 Å². The number of hydrogen-bond donors (Lipinski definition) is 0. The van der Waals surface area contributed by atoms with E-state index >= 15 is 0 Å². The van der Waals surface area contributed by atoms with Gasteiger partial charge in [-0.2, -0.15) is 8.42 Å². The van der Waals surface area contributed by atoms with Crippen LogP contribution in [0.3, 0.4) is 0 Å². The van der Waals surface area contributed by atoms with E-state index < -0.39 is 10.0 Å². The van der Waals surface area contributed by atoms with Crippen molar-refractivity contribution < 1.29 is 17.9 Å². The van der Waals surface area contributed by atoms with Crippen molar-refractivity contribution >= 4 is 16.1 Å². The Morgan fingerprint density at radius 1 is 1.47 bits per heavy atom. The van der Waals surface area contributed by atoms with Gasteiger partial charge in [-0.25, -0.2) is 4.79 Å². The quantitative estimate of drug-likeness (QED) is 0.455. The lowest BCUT2D eigenvalue weighted by molar-refractivity contribution is 0.360. The van der Waals surface area contributed by atoms with Crippen LogP contribution in [0.4, 0.5) is 0 Å². The molecule has 0 aliphatic rings. The first-order valence-electron chi connectivity index (χ1n) is 4.52. The molecule has 0 amide bonds. The van der Waals surface area contributed by atoms with Gasteiger partial charge >= 0.3 is 0 Å². The van der Waals surface area contributed by atoms with Gasteiger partial charge in [0, 0.05) is 0 Å². The summed E-state index contributed by atoms with van der Waals surface area (Å²) in [6, 6.07) is 4.47. The van der Waals surface area contributed by atoms with Crippen molar-refractivity contribution in [2.75, 3.05) is 6.61 Å². The molecule has 0 saturated carbocycles. The zero-order valence-electron chi connectivity index (χ0n) is 9.00. The van der Waals surface area contributed by atoms with E-state index in [1.807, 2.05) is 0 Å². The molecule has 0 radical (unpaired) electrons. The van der Waals surface area contributed by atoms with E-state index in [9.17, 15) is 13.2 Å². The van der Waals surface area contributed by atoms with Gasteiger partial charge in [-0.05, 0) is 24.6 Å². The number of nitrogens with zero attached hydrogens (tertiary/aromatic N) is 1. The molecule has 88 valence electrons. The summed E-state index contributed by atoms with van der Waals surface area (Å²) in [5.74, 6) is 2.28. The second-order valence-electron chi connectivity index (χ2n) is 3.10. The number of aryl methyl sites for hydroxylation is 1. The fourth-order valence-corrected chi connectivity index (χ4v) is 2.07. The first-order chi connectivity index (χ1) is 8.01. The maximum atomic E-state index is 11.6. The summed E-state index contributed by atoms with van der Waals surface area (Å²) in [5, 5.41) is 0. The number of isocyanates is 1. The van der Waals surface area contributed by atoms with E-state index in [4.69, 9.17) is 11.2 Å². The van der Waals surface area contributed by atoms with Crippen molar-refractivity contribution in [1.29, 1.82) is 0 Å². The van der Waals surface area contributed by atoms with Gasteiger partial charge in [-0.1, -0.05) is 16.4 Å². The van der Waals surface area contributed by atoms with Crippen LogP contribution in [0, 0.1) is 19.3 Å². The SMILES string of the molecule is C#CCOc1ccc(C)cc1S(=O)(=O)N=C=O. The fourth-order valence-electron chi connectivity index (χ4n) is 1.15. The number of carbonyl (C=O) groups excluding carboxylic acids is 1. The van der Waals surface area contributed by atoms with Crippen LogP contribution < -0.4 is 4.74 Å². The van der Waals surface area contributed by atoms with Gasteiger partial charge in [0.05, 0.1) is 0 Å². The molecule has 0 aliphatic heterocycles. The zero-order chi connectivity index (χ0) is 12.9. The molecule has 0 aromatic heterocycles. The van der Waals surface area contributed by atoms with Crippen LogP contribution in [0.25, 0.3) is 0 Å². The van der Waals surface area contributed by atoms with Gasteiger partial charge in [0.2, 0.25) is 0 Å². The third-order valence-electron chi connectivity index (χ3n) is 1.85. The Hall–Kier alpha value is -2.09. The molecular weight excluding hydrogens is 242 g/mol.